The van der Waals surface area contributed by atoms with E-state index in [-0.39, 0.29) is 11.9 Å². The van der Waals surface area contributed by atoms with Crippen molar-refractivity contribution in [2.24, 2.45) is 17.4 Å². The number of carbonyl (C=O) groups is 2. The minimum atomic E-state index is -0.618. The number of nitrogens with one attached hydrogen (secondary N) is 2. The Labute approximate surface area is 111 Å². The second-order valence-electron chi connectivity index (χ2n) is 4.82. The number of primary amides is 1. The SMILES string of the molecule is NC(=O)Nc1ccc(NC(=O)CC(N)C2CC2)cc1. The zero-order chi connectivity index (χ0) is 13.8. The van der Waals surface area contributed by atoms with Crippen molar-refractivity contribution in [3.63, 3.8) is 0 Å². The van der Waals surface area contributed by atoms with Crippen molar-refractivity contribution >= 4 is 23.3 Å². The largest absolute Gasteiger partial charge is 0.351 e. The van der Waals surface area contributed by atoms with Gasteiger partial charge in [-0.2, -0.15) is 0 Å². The molecular formula is C13H18N4O2. The molecular weight excluding hydrogens is 244 g/mol. The molecule has 1 fully saturated rings. The third-order valence-corrected chi connectivity index (χ3v) is 3.08. The van der Waals surface area contributed by atoms with Gasteiger partial charge in [0.25, 0.3) is 0 Å². The van der Waals surface area contributed by atoms with E-state index >= 15 is 0 Å². The Morgan fingerprint density at radius 2 is 1.68 bits per heavy atom. The number of hydrogen-bond donors (Lipinski definition) is 4. The maximum absolute atomic E-state index is 11.7. The highest BCUT2D eigenvalue weighted by molar-refractivity contribution is 5.92. The van der Waals surface area contributed by atoms with Crippen LogP contribution in [0.4, 0.5) is 16.2 Å². The number of nitrogens with two attached hydrogens (primary N) is 2. The number of urea groups is 1. The summed E-state index contributed by atoms with van der Waals surface area (Å²) in [6.45, 7) is 0. The number of amides is 3. The molecule has 2 rings (SSSR count). The molecule has 1 atom stereocenters. The summed E-state index contributed by atoms with van der Waals surface area (Å²) in [4.78, 5) is 22.4. The lowest BCUT2D eigenvalue weighted by Crippen LogP contribution is -2.28. The molecule has 1 aromatic carbocycles. The van der Waals surface area contributed by atoms with E-state index < -0.39 is 6.03 Å². The summed E-state index contributed by atoms with van der Waals surface area (Å²) in [5.41, 5.74) is 12.1. The predicted molar refractivity (Wildman–Crippen MR) is 73.6 cm³/mol. The molecule has 0 heterocycles. The zero-order valence-electron chi connectivity index (χ0n) is 10.6. The van der Waals surface area contributed by atoms with Crippen LogP contribution >= 0.6 is 0 Å². The first-order chi connectivity index (χ1) is 9.04. The fraction of sp³-hybridized carbons (Fsp3) is 0.385. The number of carbonyl (C=O) groups excluding carboxylic acids is 2. The first-order valence-electron chi connectivity index (χ1n) is 6.26. The van der Waals surface area contributed by atoms with Crippen molar-refractivity contribution in [3.05, 3.63) is 24.3 Å². The minimum Gasteiger partial charge on any atom is -0.351 e. The Bertz CT molecular complexity index is 468. The fourth-order valence-corrected chi connectivity index (χ4v) is 1.90. The molecule has 6 heteroatoms. The maximum Gasteiger partial charge on any atom is 0.316 e. The highest BCUT2D eigenvalue weighted by Gasteiger charge is 2.29. The molecule has 0 bridgehead atoms. The van der Waals surface area contributed by atoms with Crippen LogP contribution in [0.15, 0.2) is 24.3 Å². The Hall–Kier alpha value is -2.08. The molecule has 1 aliphatic rings. The lowest BCUT2D eigenvalue weighted by molar-refractivity contribution is -0.116. The second-order valence-corrected chi connectivity index (χ2v) is 4.82. The van der Waals surface area contributed by atoms with Gasteiger partial charge in [0.2, 0.25) is 5.91 Å². The highest BCUT2D eigenvalue weighted by Crippen LogP contribution is 2.32. The number of anilines is 2. The normalized spacial score (nSPS) is 15.6. The van der Waals surface area contributed by atoms with Gasteiger partial charge in [-0.1, -0.05) is 0 Å². The van der Waals surface area contributed by atoms with Crippen LogP contribution in [0.25, 0.3) is 0 Å². The molecule has 6 N–H and O–H groups in total. The van der Waals surface area contributed by atoms with Gasteiger partial charge >= 0.3 is 6.03 Å². The summed E-state index contributed by atoms with van der Waals surface area (Å²) < 4.78 is 0. The Kier molecular flexibility index (Phi) is 4.01. The quantitative estimate of drug-likeness (QED) is 0.640. The summed E-state index contributed by atoms with van der Waals surface area (Å²) in [5, 5.41) is 5.22. The van der Waals surface area contributed by atoms with E-state index in [0.29, 0.717) is 23.7 Å². The van der Waals surface area contributed by atoms with E-state index in [1.807, 2.05) is 0 Å². The van der Waals surface area contributed by atoms with Crippen LogP contribution in [0, 0.1) is 5.92 Å². The van der Waals surface area contributed by atoms with E-state index in [1.54, 1.807) is 24.3 Å². The van der Waals surface area contributed by atoms with Gasteiger partial charge in [0.05, 0.1) is 0 Å². The van der Waals surface area contributed by atoms with Crippen molar-refractivity contribution in [2.45, 2.75) is 25.3 Å². The molecule has 0 radical (unpaired) electrons. The van der Waals surface area contributed by atoms with E-state index in [1.165, 1.54) is 0 Å². The molecule has 1 aliphatic carbocycles. The highest BCUT2D eigenvalue weighted by atomic mass is 16.2. The second kappa shape index (κ2) is 5.71. The Morgan fingerprint density at radius 3 is 2.16 bits per heavy atom. The first kappa shape index (κ1) is 13.4. The van der Waals surface area contributed by atoms with Gasteiger partial charge in [0, 0.05) is 23.8 Å². The average molecular weight is 262 g/mol. The summed E-state index contributed by atoms with van der Waals surface area (Å²) in [6, 6.07) is 6.07. The molecule has 1 aromatic rings. The third-order valence-electron chi connectivity index (χ3n) is 3.08. The van der Waals surface area contributed by atoms with E-state index in [2.05, 4.69) is 10.6 Å². The molecule has 1 saturated carbocycles. The standard InChI is InChI=1S/C13H18N4O2/c14-11(8-1-2-8)7-12(18)16-9-3-5-10(6-4-9)17-13(15)19/h3-6,8,11H,1-2,7,14H2,(H,16,18)(H3,15,17,19). The fourth-order valence-electron chi connectivity index (χ4n) is 1.90. The molecule has 1 unspecified atom stereocenters. The number of hydrogen-bond acceptors (Lipinski definition) is 3. The molecule has 102 valence electrons. The van der Waals surface area contributed by atoms with Gasteiger partial charge in [-0.05, 0) is 43.0 Å². The molecule has 0 aromatic heterocycles. The summed E-state index contributed by atoms with van der Waals surface area (Å²) in [6.07, 6.45) is 2.59. The molecule has 6 nitrogen and oxygen atoms in total. The topological polar surface area (TPSA) is 110 Å². The Morgan fingerprint density at radius 1 is 1.16 bits per heavy atom. The average Bonchev–Trinajstić information content (AvgIpc) is 3.14. The smallest absolute Gasteiger partial charge is 0.316 e. The monoisotopic (exact) mass is 262 g/mol. The van der Waals surface area contributed by atoms with E-state index in [4.69, 9.17) is 11.5 Å². The van der Waals surface area contributed by atoms with Crippen molar-refractivity contribution in [1.82, 2.24) is 0 Å². The van der Waals surface area contributed by atoms with Crippen LogP contribution in [-0.2, 0) is 4.79 Å². The molecule has 19 heavy (non-hydrogen) atoms. The summed E-state index contributed by atoms with van der Waals surface area (Å²) >= 11 is 0. The van der Waals surface area contributed by atoms with Crippen LogP contribution < -0.4 is 22.1 Å². The number of rotatable bonds is 5. The third kappa shape index (κ3) is 4.26. The molecule has 3 amide bonds. The van der Waals surface area contributed by atoms with Gasteiger partial charge in [0.15, 0.2) is 0 Å². The van der Waals surface area contributed by atoms with Crippen molar-refractivity contribution in [2.75, 3.05) is 10.6 Å². The lowest BCUT2D eigenvalue weighted by Gasteiger charge is -2.11. The molecule has 0 aliphatic heterocycles. The summed E-state index contributed by atoms with van der Waals surface area (Å²) in [5.74, 6) is 0.419. The van der Waals surface area contributed by atoms with Crippen molar-refractivity contribution < 1.29 is 9.59 Å². The van der Waals surface area contributed by atoms with Crippen LogP contribution in [0.5, 0.6) is 0 Å². The lowest BCUT2D eigenvalue weighted by atomic mass is 10.1. The van der Waals surface area contributed by atoms with Crippen molar-refractivity contribution in [1.29, 1.82) is 0 Å². The van der Waals surface area contributed by atoms with Crippen LogP contribution in [0.3, 0.4) is 0 Å². The maximum atomic E-state index is 11.7. The van der Waals surface area contributed by atoms with E-state index in [9.17, 15) is 9.59 Å². The van der Waals surface area contributed by atoms with Gasteiger partial charge < -0.3 is 22.1 Å². The molecule has 0 saturated heterocycles. The van der Waals surface area contributed by atoms with E-state index in [0.717, 1.165) is 12.8 Å². The zero-order valence-corrected chi connectivity index (χ0v) is 10.6. The van der Waals surface area contributed by atoms with Gasteiger partial charge in [-0.3, -0.25) is 4.79 Å². The van der Waals surface area contributed by atoms with Crippen LogP contribution in [0.2, 0.25) is 0 Å². The predicted octanol–water partition coefficient (Wildman–Crippen LogP) is 1.24. The number of benzene rings is 1. The first-order valence-corrected chi connectivity index (χ1v) is 6.26. The van der Waals surface area contributed by atoms with Crippen LogP contribution in [0.1, 0.15) is 19.3 Å². The van der Waals surface area contributed by atoms with Crippen LogP contribution in [-0.4, -0.2) is 18.0 Å². The van der Waals surface area contributed by atoms with Gasteiger partial charge in [-0.25, -0.2) is 4.79 Å². The molecule has 0 spiro atoms. The minimum absolute atomic E-state index is 0.0456. The Balaban J connectivity index is 1.84. The van der Waals surface area contributed by atoms with Gasteiger partial charge in [0.1, 0.15) is 0 Å². The van der Waals surface area contributed by atoms with Gasteiger partial charge in [-0.15, -0.1) is 0 Å². The summed E-state index contributed by atoms with van der Waals surface area (Å²) in [7, 11) is 0. The van der Waals surface area contributed by atoms with Crippen molar-refractivity contribution in [3.8, 4) is 0 Å².